The molecule has 12 heteroatoms. The van der Waals surface area contributed by atoms with Crippen molar-refractivity contribution >= 4 is 44.1 Å². The van der Waals surface area contributed by atoms with Gasteiger partial charge in [-0.25, -0.2) is 21.9 Å². The molecule has 9 nitrogen and oxygen atoms in total. The fourth-order valence-electron chi connectivity index (χ4n) is 4.43. The first-order valence-corrected chi connectivity index (χ1v) is 16.6. The quantitative estimate of drug-likeness (QED) is 0.113. The summed E-state index contributed by atoms with van der Waals surface area (Å²) in [6.45, 7) is 5.03. The van der Waals surface area contributed by atoms with E-state index in [-0.39, 0.29) is 51.2 Å². The van der Waals surface area contributed by atoms with Crippen molar-refractivity contribution < 1.29 is 36.2 Å². The minimum absolute atomic E-state index is 0.00330. The van der Waals surface area contributed by atoms with Crippen molar-refractivity contribution in [3.8, 4) is 16.9 Å². The number of fused-ring (bicyclic) bond motifs is 3. The van der Waals surface area contributed by atoms with E-state index < -0.39 is 28.5 Å². The minimum Gasteiger partial charge on any atom is -0.484 e. The molecule has 0 amide bonds. The van der Waals surface area contributed by atoms with Crippen molar-refractivity contribution in [1.82, 2.24) is 5.32 Å². The second-order valence-electron chi connectivity index (χ2n) is 9.26. The molecule has 1 N–H and O–H groups in total. The molecule has 1 aliphatic heterocycles. The molecule has 1 aliphatic rings. The third-order valence-corrected chi connectivity index (χ3v) is 10.0. The van der Waals surface area contributed by atoms with Crippen molar-refractivity contribution in [3.05, 3.63) is 71.4 Å². The molecule has 0 saturated heterocycles. The highest BCUT2D eigenvalue weighted by Gasteiger charge is 2.35. The summed E-state index contributed by atoms with van der Waals surface area (Å²) in [7, 11) is -3.35. The van der Waals surface area contributed by atoms with Gasteiger partial charge in [0.05, 0.1) is 30.6 Å². The first kappa shape index (κ1) is 31.5. The lowest BCUT2D eigenvalue weighted by Crippen LogP contribution is -2.35. The van der Waals surface area contributed by atoms with Crippen LogP contribution in [0, 0.1) is 5.82 Å². The van der Waals surface area contributed by atoms with Gasteiger partial charge in [0.15, 0.2) is 0 Å². The summed E-state index contributed by atoms with van der Waals surface area (Å²) in [6.07, 6.45) is 4.78. The van der Waals surface area contributed by atoms with Gasteiger partial charge in [0, 0.05) is 23.4 Å². The fraction of sp³-hybridized carbons (Fsp3) is 0.333. The zero-order valence-corrected chi connectivity index (χ0v) is 25.5. The van der Waals surface area contributed by atoms with Crippen LogP contribution in [0.15, 0.2) is 58.1 Å². The van der Waals surface area contributed by atoms with Crippen molar-refractivity contribution in [2.75, 3.05) is 49.3 Å². The predicted molar refractivity (Wildman–Crippen MR) is 164 cm³/mol. The van der Waals surface area contributed by atoms with Gasteiger partial charge in [-0.05, 0) is 54.3 Å². The summed E-state index contributed by atoms with van der Waals surface area (Å²) >= 11 is 0. The molecule has 226 valence electrons. The van der Waals surface area contributed by atoms with Crippen LogP contribution in [0.2, 0.25) is 0 Å². The Morgan fingerprint density at radius 2 is 2.02 bits per heavy atom. The number of rotatable bonds is 14. The third-order valence-electron chi connectivity index (χ3n) is 6.66. The summed E-state index contributed by atoms with van der Waals surface area (Å²) in [5.41, 5.74) is 1.37. The maximum absolute atomic E-state index is 14.4. The first-order valence-electron chi connectivity index (χ1n) is 13.4. The van der Waals surface area contributed by atoms with Crippen LogP contribution in [0.3, 0.4) is 0 Å². The van der Waals surface area contributed by atoms with Gasteiger partial charge in [-0.3, -0.25) is 0 Å². The third kappa shape index (κ3) is 6.78. The number of sulfonamides is 1. The van der Waals surface area contributed by atoms with E-state index in [2.05, 4.69) is 11.2 Å². The smallest absolute Gasteiger partial charge is 0.343 e. The Labute approximate surface area is 248 Å². The van der Waals surface area contributed by atoms with Gasteiger partial charge in [-0.1, -0.05) is 31.9 Å². The fourth-order valence-corrected chi connectivity index (χ4v) is 6.59. The van der Waals surface area contributed by atoms with Gasteiger partial charge < -0.3 is 23.9 Å². The normalized spacial score (nSPS) is 13.3. The zero-order chi connectivity index (χ0) is 30.3. The van der Waals surface area contributed by atoms with E-state index in [4.69, 9.17) is 18.6 Å². The lowest BCUT2D eigenvalue weighted by Gasteiger charge is -2.29. The lowest BCUT2D eigenvalue weighted by molar-refractivity contribution is 0.0595. The average molecular weight is 619 g/mol. The van der Waals surface area contributed by atoms with Crippen LogP contribution in [0.25, 0.3) is 17.2 Å². The van der Waals surface area contributed by atoms with Crippen LogP contribution in [0.1, 0.15) is 35.5 Å². The molecule has 42 heavy (non-hydrogen) atoms. The maximum Gasteiger partial charge on any atom is 0.343 e. The SMILES string of the molecule is C=S(CC)CCOCN(c1ccc2c(c1C(=O)OC)OCc1occc1-2)S(=O)(=O)c1ccc(F)cc1/C=C\CNCC. The first-order chi connectivity index (χ1) is 20.2. The van der Waals surface area contributed by atoms with Crippen molar-refractivity contribution in [2.24, 2.45) is 0 Å². The minimum atomic E-state index is -4.42. The van der Waals surface area contributed by atoms with Crippen LogP contribution in [-0.2, 0) is 26.1 Å². The molecular weight excluding hydrogens is 583 g/mol. The van der Waals surface area contributed by atoms with Crippen molar-refractivity contribution in [1.29, 1.82) is 0 Å². The molecule has 2 aromatic carbocycles. The molecule has 1 atom stereocenters. The number of ether oxygens (including phenoxy) is 3. The number of furan rings is 1. The highest BCUT2D eigenvalue weighted by molar-refractivity contribution is 8.14. The number of carbonyl (C=O) groups is 1. The number of methoxy groups -OCH3 is 1. The van der Waals surface area contributed by atoms with E-state index >= 15 is 0 Å². The number of benzene rings is 2. The Morgan fingerprint density at radius 3 is 2.76 bits per heavy atom. The second-order valence-corrected chi connectivity index (χ2v) is 13.3. The molecule has 0 fully saturated rings. The molecule has 1 aromatic heterocycles. The lowest BCUT2D eigenvalue weighted by atomic mass is 9.98. The number of esters is 1. The van der Waals surface area contributed by atoms with Crippen LogP contribution in [0.5, 0.6) is 5.75 Å². The zero-order valence-electron chi connectivity index (χ0n) is 23.9. The van der Waals surface area contributed by atoms with E-state index in [0.29, 0.717) is 30.2 Å². The Kier molecular flexibility index (Phi) is 10.6. The summed E-state index contributed by atoms with van der Waals surface area (Å²) in [4.78, 5) is 13.1. The van der Waals surface area contributed by atoms with E-state index in [1.165, 1.54) is 25.5 Å². The number of likely N-dealkylation sites (N-methyl/N-ethyl adjacent to an activating group) is 1. The summed E-state index contributed by atoms with van der Waals surface area (Å²) in [5, 5.41) is 3.11. The Balaban J connectivity index is 1.86. The molecule has 0 radical (unpaired) electrons. The standard InChI is InChI=1S/C30H35FN2O7S2/c1-5-32-14-7-8-21-18-22(31)9-12-27(21)42(35,36)33(20-38-16-17-41(4)6-2)25-11-10-24-23-13-15-39-26(23)19-40-29(24)28(25)30(34)37-3/h7-13,15,18,32H,4-6,14,16-17,19-20H2,1-3H3/b8-7-. The molecule has 1 unspecified atom stereocenters. The van der Waals surface area contributed by atoms with Crippen LogP contribution >= 0.6 is 10.5 Å². The number of nitrogens with zero attached hydrogens (tertiary/aromatic N) is 1. The highest BCUT2D eigenvalue weighted by Crippen LogP contribution is 2.45. The molecular formula is C30H35FN2O7S2. The summed E-state index contributed by atoms with van der Waals surface area (Å²) < 4.78 is 66.4. The van der Waals surface area contributed by atoms with Gasteiger partial charge in [0.1, 0.15) is 36.2 Å². The van der Waals surface area contributed by atoms with Crippen LogP contribution < -0.4 is 14.4 Å². The van der Waals surface area contributed by atoms with Gasteiger partial charge in [0.2, 0.25) is 0 Å². The van der Waals surface area contributed by atoms with Crippen LogP contribution in [-0.4, -0.2) is 65.3 Å². The Bertz CT molecular complexity index is 1580. The predicted octanol–water partition coefficient (Wildman–Crippen LogP) is 5.28. The Morgan fingerprint density at radius 1 is 1.21 bits per heavy atom. The number of halogens is 1. The monoisotopic (exact) mass is 618 g/mol. The van der Waals surface area contributed by atoms with E-state index in [9.17, 15) is 17.6 Å². The van der Waals surface area contributed by atoms with E-state index in [0.717, 1.165) is 27.8 Å². The van der Waals surface area contributed by atoms with Crippen molar-refractivity contribution in [3.63, 3.8) is 0 Å². The number of carbonyl (C=O) groups excluding carboxylic acids is 1. The average Bonchev–Trinajstić information content (AvgIpc) is 3.47. The molecule has 0 saturated carbocycles. The van der Waals surface area contributed by atoms with E-state index in [1.807, 2.05) is 13.8 Å². The number of hydrogen-bond acceptors (Lipinski definition) is 8. The summed E-state index contributed by atoms with van der Waals surface area (Å²) in [6, 6.07) is 8.38. The van der Waals surface area contributed by atoms with Gasteiger partial charge in [-0.15, -0.1) is 0 Å². The Hall–Kier alpha value is -3.45. The molecule has 3 aromatic rings. The molecule has 0 bridgehead atoms. The molecule has 4 rings (SSSR count). The topological polar surface area (TPSA) is 107 Å². The number of hydrogen-bond donors (Lipinski definition) is 1. The highest BCUT2D eigenvalue weighted by atomic mass is 32.2. The largest absolute Gasteiger partial charge is 0.484 e. The van der Waals surface area contributed by atoms with Gasteiger partial charge in [-0.2, -0.15) is 10.5 Å². The number of nitrogens with one attached hydrogen (secondary N) is 1. The molecule has 2 heterocycles. The maximum atomic E-state index is 14.4. The van der Waals surface area contributed by atoms with Gasteiger partial charge >= 0.3 is 5.97 Å². The second kappa shape index (κ2) is 14.1. The van der Waals surface area contributed by atoms with Crippen LogP contribution in [0.4, 0.5) is 10.1 Å². The summed E-state index contributed by atoms with van der Waals surface area (Å²) in [5.74, 6) is 4.97. The molecule has 0 spiro atoms. The van der Waals surface area contributed by atoms with Gasteiger partial charge in [0.25, 0.3) is 10.0 Å². The van der Waals surface area contributed by atoms with Crippen molar-refractivity contribution in [2.45, 2.75) is 25.3 Å². The van der Waals surface area contributed by atoms with E-state index in [1.54, 1.807) is 24.3 Å². The molecule has 0 aliphatic carbocycles. The number of anilines is 1.